The molecule has 3 aromatic carbocycles. The first-order valence-corrected chi connectivity index (χ1v) is 8.26. The summed E-state index contributed by atoms with van der Waals surface area (Å²) in [4.78, 5) is 1.14. The van der Waals surface area contributed by atoms with Crippen molar-refractivity contribution in [2.45, 2.75) is 17.6 Å². The second kappa shape index (κ2) is 6.71. The molecule has 22 heavy (non-hydrogen) atoms. The van der Waals surface area contributed by atoms with Crippen LogP contribution in [-0.2, 0) is 10.9 Å². The number of benzene rings is 3. The molecule has 2 heteroatoms. The maximum Gasteiger partial charge on any atom is 0.181 e. The molecule has 0 amide bonds. The Hall–Kier alpha value is -2.19. The van der Waals surface area contributed by atoms with Gasteiger partial charge in [0, 0.05) is 10.6 Å². The van der Waals surface area contributed by atoms with Crippen LogP contribution in [0.1, 0.15) is 11.1 Å². The second-order valence-electron chi connectivity index (χ2n) is 5.24. The van der Waals surface area contributed by atoms with Crippen molar-refractivity contribution in [2.24, 2.45) is 0 Å². The highest BCUT2D eigenvalue weighted by Gasteiger charge is 2.06. The first-order chi connectivity index (χ1) is 10.7. The van der Waals surface area contributed by atoms with Crippen LogP contribution in [0.3, 0.4) is 0 Å². The molecule has 3 rings (SSSR count). The van der Waals surface area contributed by atoms with Gasteiger partial charge in [0.05, 0.1) is 0 Å². The third-order valence-corrected chi connectivity index (χ3v) is 4.69. The molecule has 0 spiro atoms. The van der Waals surface area contributed by atoms with Crippen LogP contribution in [0.5, 0.6) is 5.75 Å². The summed E-state index contributed by atoms with van der Waals surface area (Å²) in [5, 5.41) is 11.5. The number of aryl methyl sites for hydroxylation is 1. The summed E-state index contributed by atoms with van der Waals surface area (Å²) >= 11 is 1.77. The molecule has 0 aromatic heterocycles. The zero-order valence-electron chi connectivity index (χ0n) is 12.5. The molecule has 0 unspecified atom stereocenters. The van der Waals surface area contributed by atoms with E-state index in [0.717, 1.165) is 16.2 Å². The number of thioether (sulfide) groups is 1. The minimum atomic E-state index is 0.106. The molecular formula is C20H17OS. The van der Waals surface area contributed by atoms with Crippen molar-refractivity contribution in [1.29, 1.82) is 0 Å². The lowest BCUT2D eigenvalue weighted by Gasteiger charge is -2.10. The molecule has 0 aliphatic rings. The van der Waals surface area contributed by atoms with Gasteiger partial charge in [-0.15, -0.1) is 11.8 Å². The van der Waals surface area contributed by atoms with Crippen LogP contribution in [0.4, 0.5) is 0 Å². The zero-order valence-corrected chi connectivity index (χ0v) is 13.3. The molecule has 0 aliphatic carbocycles. The van der Waals surface area contributed by atoms with Crippen LogP contribution in [0.15, 0.2) is 77.7 Å². The molecule has 0 atom stereocenters. The molecule has 3 aromatic rings. The van der Waals surface area contributed by atoms with Gasteiger partial charge in [0.25, 0.3) is 0 Å². The quantitative estimate of drug-likeness (QED) is 0.533. The van der Waals surface area contributed by atoms with E-state index >= 15 is 0 Å². The van der Waals surface area contributed by atoms with Crippen LogP contribution >= 0.6 is 11.8 Å². The van der Waals surface area contributed by atoms with Crippen molar-refractivity contribution in [3.05, 3.63) is 83.9 Å². The van der Waals surface area contributed by atoms with E-state index < -0.39 is 0 Å². The maximum atomic E-state index is 11.5. The lowest BCUT2D eigenvalue weighted by molar-refractivity contribution is 0.351. The van der Waals surface area contributed by atoms with Crippen molar-refractivity contribution in [3.63, 3.8) is 0 Å². The van der Waals surface area contributed by atoms with E-state index in [1.54, 1.807) is 17.8 Å². The van der Waals surface area contributed by atoms with E-state index in [0.29, 0.717) is 0 Å². The summed E-state index contributed by atoms with van der Waals surface area (Å²) in [5.74, 6) is 0.997. The lowest BCUT2D eigenvalue weighted by Crippen LogP contribution is -1.87. The molecule has 109 valence electrons. The van der Waals surface area contributed by atoms with E-state index in [2.05, 4.69) is 48.5 Å². The van der Waals surface area contributed by atoms with Crippen molar-refractivity contribution >= 4 is 11.8 Å². The van der Waals surface area contributed by atoms with Crippen LogP contribution in [0, 0.1) is 6.92 Å². The molecule has 0 saturated carbocycles. The molecule has 0 aliphatic heterocycles. The minimum absolute atomic E-state index is 0.106. The third-order valence-electron chi connectivity index (χ3n) is 3.64. The molecule has 1 radical (unpaired) electrons. The Morgan fingerprint density at radius 1 is 0.864 bits per heavy atom. The fraction of sp³-hybridized carbons (Fsp3) is 0.100. The van der Waals surface area contributed by atoms with Gasteiger partial charge in [-0.25, -0.2) is 0 Å². The summed E-state index contributed by atoms with van der Waals surface area (Å²) in [7, 11) is 0. The third kappa shape index (κ3) is 3.34. The first-order valence-electron chi connectivity index (χ1n) is 7.28. The van der Waals surface area contributed by atoms with Gasteiger partial charge < -0.3 is 0 Å². The Morgan fingerprint density at radius 2 is 1.59 bits per heavy atom. The number of rotatable bonds is 4. The fourth-order valence-electron chi connectivity index (χ4n) is 2.42. The lowest BCUT2D eigenvalue weighted by atomic mass is 10.0. The monoisotopic (exact) mass is 305 g/mol. The predicted octanol–water partition coefficient (Wildman–Crippen LogP) is 6.10. The van der Waals surface area contributed by atoms with E-state index in [4.69, 9.17) is 0 Å². The van der Waals surface area contributed by atoms with Gasteiger partial charge in [0.2, 0.25) is 0 Å². The smallest absolute Gasteiger partial charge is 0.181 e. The van der Waals surface area contributed by atoms with E-state index in [1.165, 1.54) is 16.7 Å². The standard InChI is InChI=1S/C20H17OS/c1-15-13-18(11-12-20(15)21)22-14-17-9-5-6-10-19(17)16-7-3-2-4-8-16/h2-13H,14H2,1H3. The average Bonchev–Trinajstić information content (AvgIpc) is 2.57. The summed E-state index contributed by atoms with van der Waals surface area (Å²) in [6.45, 7) is 1.87. The van der Waals surface area contributed by atoms with Crippen LogP contribution in [-0.4, -0.2) is 0 Å². The highest BCUT2D eigenvalue weighted by atomic mass is 32.2. The van der Waals surface area contributed by atoms with Crippen molar-refractivity contribution in [1.82, 2.24) is 0 Å². The molecular weight excluding hydrogens is 288 g/mol. The molecule has 0 saturated heterocycles. The van der Waals surface area contributed by atoms with Crippen LogP contribution < -0.4 is 0 Å². The Labute approximate surface area is 135 Å². The van der Waals surface area contributed by atoms with E-state index in [-0.39, 0.29) is 5.75 Å². The predicted molar refractivity (Wildman–Crippen MR) is 92.8 cm³/mol. The average molecular weight is 305 g/mol. The molecule has 1 nitrogen and oxygen atoms in total. The first kappa shape index (κ1) is 14.7. The largest absolute Gasteiger partial charge is 0.290 e. The highest BCUT2D eigenvalue weighted by molar-refractivity contribution is 7.98. The summed E-state index contributed by atoms with van der Waals surface area (Å²) in [5.41, 5.74) is 4.63. The molecule has 0 bridgehead atoms. The van der Waals surface area contributed by atoms with Gasteiger partial charge in [-0.3, -0.25) is 5.11 Å². The van der Waals surface area contributed by atoms with Crippen molar-refractivity contribution in [2.75, 3.05) is 0 Å². The molecule has 0 fully saturated rings. The number of hydrogen-bond acceptors (Lipinski definition) is 1. The minimum Gasteiger partial charge on any atom is -0.290 e. The summed E-state index contributed by atoms with van der Waals surface area (Å²) in [6.07, 6.45) is 0. The maximum absolute atomic E-state index is 11.5. The normalized spacial score (nSPS) is 10.6. The Balaban J connectivity index is 1.82. The van der Waals surface area contributed by atoms with E-state index in [9.17, 15) is 5.11 Å². The van der Waals surface area contributed by atoms with Gasteiger partial charge in [0.15, 0.2) is 5.75 Å². The van der Waals surface area contributed by atoms with Crippen molar-refractivity contribution < 1.29 is 5.11 Å². The highest BCUT2D eigenvalue weighted by Crippen LogP contribution is 2.31. The number of hydrogen-bond donors (Lipinski definition) is 0. The Bertz CT molecular complexity index is 766. The van der Waals surface area contributed by atoms with Gasteiger partial charge in [-0.2, -0.15) is 0 Å². The molecule has 0 N–H and O–H groups in total. The molecule has 0 heterocycles. The van der Waals surface area contributed by atoms with Crippen molar-refractivity contribution in [3.8, 4) is 16.9 Å². The Kier molecular flexibility index (Phi) is 4.50. The van der Waals surface area contributed by atoms with Gasteiger partial charge >= 0.3 is 0 Å². The second-order valence-corrected chi connectivity index (χ2v) is 6.29. The topological polar surface area (TPSA) is 19.9 Å². The fourth-order valence-corrected chi connectivity index (χ4v) is 3.42. The summed E-state index contributed by atoms with van der Waals surface area (Å²) in [6, 6.07) is 24.5. The van der Waals surface area contributed by atoms with Gasteiger partial charge in [-0.1, -0.05) is 54.6 Å². The van der Waals surface area contributed by atoms with Gasteiger partial charge in [-0.05, 0) is 47.4 Å². The zero-order chi connectivity index (χ0) is 15.4. The SMILES string of the molecule is Cc1cc(SCc2ccccc2-c2ccccc2)ccc1[O]. The van der Waals surface area contributed by atoms with Gasteiger partial charge in [0.1, 0.15) is 0 Å². The van der Waals surface area contributed by atoms with Crippen LogP contribution in [0.2, 0.25) is 0 Å². The van der Waals surface area contributed by atoms with Crippen LogP contribution in [0.25, 0.3) is 11.1 Å². The Morgan fingerprint density at radius 3 is 2.36 bits per heavy atom. The van der Waals surface area contributed by atoms with E-state index in [1.807, 2.05) is 25.1 Å². The summed E-state index contributed by atoms with van der Waals surface area (Å²) < 4.78 is 0.